The summed E-state index contributed by atoms with van der Waals surface area (Å²) in [6.07, 6.45) is 2.21. The lowest BCUT2D eigenvalue weighted by Crippen LogP contribution is -2.29. The zero-order valence-corrected chi connectivity index (χ0v) is 12.8. The highest BCUT2D eigenvalue weighted by Gasteiger charge is 2.22. The predicted octanol–water partition coefficient (Wildman–Crippen LogP) is 2.20. The van der Waals surface area contributed by atoms with E-state index in [1.165, 1.54) is 6.07 Å². The molecule has 1 N–H and O–H groups in total. The molecule has 1 aromatic heterocycles. The van der Waals surface area contributed by atoms with Crippen LogP contribution >= 0.6 is 0 Å². The molecule has 1 fully saturated rings. The first-order valence-electron chi connectivity index (χ1n) is 7.66. The van der Waals surface area contributed by atoms with Gasteiger partial charge < -0.3 is 14.8 Å². The fourth-order valence-electron chi connectivity index (χ4n) is 3.05. The smallest absolute Gasteiger partial charge is 0.125 e. The van der Waals surface area contributed by atoms with Gasteiger partial charge >= 0.3 is 0 Å². The van der Waals surface area contributed by atoms with E-state index in [9.17, 15) is 4.39 Å². The molecule has 0 unspecified atom stereocenters. The van der Waals surface area contributed by atoms with Gasteiger partial charge in [0.1, 0.15) is 11.6 Å². The Balaban J connectivity index is 2.00. The van der Waals surface area contributed by atoms with E-state index in [-0.39, 0.29) is 5.82 Å². The molecular formula is C16H23FN4. The van der Waals surface area contributed by atoms with Crippen LogP contribution in [0.2, 0.25) is 0 Å². The van der Waals surface area contributed by atoms with E-state index in [0.29, 0.717) is 5.92 Å². The van der Waals surface area contributed by atoms with Crippen LogP contribution in [0.15, 0.2) is 18.2 Å². The maximum Gasteiger partial charge on any atom is 0.125 e. The summed E-state index contributed by atoms with van der Waals surface area (Å²) in [7, 11) is 4.14. The quantitative estimate of drug-likeness (QED) is 0.937. The van der Waals surface area contributed by atoms with Gasteiger partial charge in [0.05, 0.1) is 11.0 Å². The zero-order valence-electron chi connectivity index (χ0n) is 12.8. The minimum atomic E-state index is -0.211. The van der Waals surface area contributed by atoms with Crippen LogP contribution in [0.25, 0.3) is 11.0 Å². The normalized spacial score (nSPS) is 17.0. The molecule has 1 saturated heterocycles. The number of fused-ring (bicyclic) bond motifs is 1. The SMILES string of the molecule is CN(C)CCn1c(C2CCNCC2)nc2cc(F)ccc21. The third-order valence-electron chi connectivity index (χ3n) is 4.21. The summed E-state index contributed by atoms with van der Waals surface area (Å²) in [5, 5.41) is 3.39. The van der Waals surface area contributed by atoms with Crippen molar-refractivity contribution in [3.63, 3.8) is 0 Å². The van der Waals surface area contributed by atoms with Gasteiger partial charge in [-0.05, 0) is 52.2 Å². The number of aromatic nitrogens is 2. The van der Waals surface area contributed by atoms with E-state index in [2.05, 4.69) is 28.9 Å². The van der Waals surface area contributed by atoms with Gasteiger partial charge in [0.25, 0.3) is 0 Å². The summed E-state index contributed by atoms with van der Waals surface area (Å²) in [5.41, 5.74) is 1.83. The van der Waals surface area contributed by atoms with Crippen LogP contribution < -0.4 is 5.32 Å². The topological polar surface area (TPSA) is 33.1 Å². The first-order chi connectivity index (χ1) is 10.1. The average molecular weight is 290 g/mol. The fourth-order valence-corrected chi connectivity index (χ4v) is 3.05. The lowest BCUT2D eigenvalue weighted by atomic mass is 9.97. The number of piperidine rings is 1. The second-order valence-corrected chi connectivity index (χ2v) is 6.08. The molecule has 3 rings (SSSR count). The molecule has 0 radical (unpaired) electrons. The molecule has 0 atom stereocenters. The Labute approximate surface area is 125 Å². The number of hydrogen-bond acceptors (Lipinski definition) is 3. The molecule has 1 aliphatic heterocycles. The molecule has 0 amide bonds. The van der Waals surface area contributed by atoms with Crippen molar-refractivity contribution >= 4 is 11.0 Å². The molecule has 2 aromatic rings. The van der Waals surface area contributed by atoms with E-state index in [1.807, 2.05) is 6.07 Å². The molecule has 4 nitrogen and oxygen atoms in total. The van der Waals surface area contributed by atoms with Crippen LogP contribution in [-0.4, -0.2) is 48.2 Å². The van der Waals surface area contributed by atoms with Crippen LogP contribution in [-0.2, 0) is 6.54 Å². The monoisotopic (exact) mass is 290 g/mol. The highest BCUT2D eigenvalue weighted by Crippen LogP contribution is 2.28. The molecule has 5 heteroatoms. The Morgan fingerprint density at radius 3 is 2.81 bits per heavy atom. The van der Waals surface area contributed by atoms with E-state index in [1.54, 1.807) is 6.07 Å². The summed E-state index contributed by atoms with van der Waals surface area (Å²) < 4.78 is 15.7. The van der Waals surface area contributed by atoms with Crippen LogP contribution in [0, 0.1) is 5.82 Å². The van der Waals surface area contributed by atoms with Crippen molar-refractivity contribution in [2.45, 2.75) is 25.3 Å². The van der Waals surface area contributed by atoms with Gasteiger partial charge in [-0.2, -0.15) is 0 Å². The minimum Gasteiger partial charge on any atom is -0.326 e. The Hall–Kier alpha value is -1.46. The van der Waals surface area contributed by atoms with E-state index >= 15 is 0 Å². The average Bonchev–Trinajstić information content (AvgIpc) is 2.83. The fraction of sp³-hybridized carbons (Fsp3) is 0.562. The number of imidazole rings is 1. The van der Waals surface area contributed by atoms with E-state index in [0.717, 1.165) is 55.9 Å². The largest absolute Gasteiger partial charge is 0.326 e. The Bertz CT molecular complexity index is 614. The van der Waals surface area contributed by atoms with Crippen molar-refractivity contribution in [3.8, 4) is 0 Å². The molecule has 0 spiro atoms. The first kappa shape index (κ1) is 14.5. The summed E-state index contributed by atoms with van der Waals surface area (Å²) >= 11 is 0. The van der Waals surface area contributed by atoms with Crippen LogP contribution in [0.4, 0.5) is 4.39 Å². The Kier molecular flexibility index (Phi) is 4.22. The molecule has 2 heterocycles. The van der Waals surface area contributed by atoms with Gasteiger partial charge in [0, 0.05) is 25.1 Å². The van der Waals surface area contributed by atoms with Crippen LogP contribution in [0.5, 0.6) is 0 Å². The number of hydrogen-bond donors (Lipinski definition) is 1. The molecule has 0 saturated carbocycles. The first-order valence-corrected chi connectivity index (χ1v) is 7.66. The maximum atomic E-state index is 13.5. The highest BCUT2D eigenvalue weighted by atomic mass is 19.1. The molecule has 0 bridgehead atoms. The van der Waals surface area contributed by atoms with E-state index in [4.69, 9.17) is 4.98 Å². The number of rotatable bonds is 4. The molecule has 0 aliphatic carbocycles. The van der Waals surface area contributed by atoms with Gasteiger partial charge in [-0.3, -0.25) is 0 Å². The number of halogens is 1. The number of likely N-dealkylation sites (N-methyl/N-ethyl adjacent to an activating group) is 1. The van der Waals surface area contributed by atoms with Gasteiger partial charge in [-0.25, -0.2) is 9.37 Å². The zero-order chi connectivity index (χ0) is 14.8. The maximum absolute atomic E-state index is 13.5. The van der Waals surface area contributed by atoms with E-state index < -0.39 is 0 Å². The van der Waals surface area contributed by atoms with Crippen molar-refractivity contribution < 1.29 is 4.39 Å². The van der Waals surface area contributed by atoms with Crippen molar-refractivity contribution in [1.29, 1.82) is 0 Å². The molecule has 1 aromatic carbocycles. The van der Waals surface area contributed by atoms with Crippen molar-refractivity contribution in [1.82, 2.24) is 19.8 Å². The lowest BCUT2D eigenvalue weighted by molar-refractivity contribution is 0.372. The standard InChI is InChI=1S/C16H23FN4/c1-20(2)9-10-21-15-4-3-13(17)11-14(15)19-16(21)12-5-7-18-8-6-12/h3-4,11-12,18H,5-10H2,1-2H3. The van der Waals surface area contributed by atoms with Crippen LogP contribution in [0.3, 0.4) is 0 Å². The minimum absolute atomic E-state index is 0.211. The number of nitrogens with one attached hydrogen (secondary N) is 1. The van der Waals surface area contributed by atoms with Crippen molar-refractivity contribution in [2.75, 3.05) is 33.7 Å². The molecule has 114 valence electrons. The Morgan fingerprint density at radius 2 is 2.10 bits per heavy atom. The van der Waals surface area contributed by atoms with Gasteiger partial charge in [-0.1, -0.05) is 0 Å². The third kappa shape index (κ3) is 3.09. The molecule has 1 aliphatic rings. The number of nitrogens with zero attached hydrogens (tertiary/aromatic N) is 3. The third-order valence-corrected chi connectivity index (χ3v) is 4.21. The second kappa shape index (κ2) is 6.12. The highest BCUT2D eigenvalue weighted by molar-refractivity contribution is 5.76. The summed E-state index contributed by atoms with van der Waals surface area (Å²) in [5.74, 6) is 1.39. The molecule has 21 heavy (non-hydrogen) atoms. The van der Waals surface area contributed by atoms with Gasteiger partial charge in [0.15, 0.2) is 0 Å². The summed E-state index contributed by atoms with van der Waals surface area (Å²) in [6.45, 7) is 3.93. The predicted molar refractivity (Wildman–Crippen MR) is 83.1 cm³/mol. The Morgan fingerprint density at radius 1 is 1.33 bits per heavy atom. The van der Waals surface area contributed by atoms with Crippen LogP contribution in [0.1, 0.15) is 24.6 Å². The van der Waals surface area contributed by atoms with Gasteiger partial charge in [-0.15, -0.1) is 0 Å². The second-order valence-electron chi connectivity index (χ2n) is 6.08. The lowest BCUT2D eigenvalue weighted by Gasteiger charge is -2.23. The summed E-state index contributed by atoms with van der Waals surface area (Å²) in [4.78, 5) is 6.92. The van der Waals surface area contributed by atoms with Crippen molar-refractivity contribution in [3.05, 3.63) is 29.8 Å². The molecular weight excluding hydrogens is 267 g/mol. The number of benzene rings is 1. The van der Waals surface area contributed by atoms with Crippen molar-refractivity contribution in [2.24, 2.45) is 0 Å². The van der Waals surface area contributed by atoms with Gasteiger partial charge in [0.2, 0.25) is 0 Å². The summed E-state index contributed by atoms with van der Waals surface area (Å²) in [6, 6.07) is 4.94.